The van der Waals surface area contributed by atoms with E-state index in [-0.39, 0.29) is 0 Å². The summed E-state index contributed by atoms with van der Waals surface area (Å²) in [6.07, 6.45) is -4.48. The number of aromatic nitrogens is 2. The molecule has 2 heterocycles. The molecule has 0 bridgehead atoms. The zero-order valence-electron chi connectivity index (χ0n) is 39.6. The molecule has 0 radical (unpaired) electrons. The molecule has 0 aliphatic rings. The highest BCUT2D eigenvalue weighted by Gasteiger charge is 2.31. The van der Waals surface area contributed by atoms with Crippen molar-refractivity contribution in [2.75, 3.05) is 0 Å². The minimum atomic E-state index is -4.48. The second kappa shape index (κ2) is 16.3. The Morgan fingerprint density at radius 3 is 1.39 bits per heavy atom. The quantitative estimate of drug-likeness (QED) is 0.148. The van der Waals surface area contributed by atoms with Crippen LogP contribution in [0.3, 0.4) is 0 Å². The molecule has 0 fully saturated rings. The fourth-order valence-electron chi connectivity index (χ4n) is 11.4. The minimum absolute atomic E-state index is 0.455. The van der Waals surface area contributed by atoms with Gasteiger partial charge in [-0.15, -0.1) is 0 Å². The average Bonchev–Trinajstić information content (AvgIpc) is 3.82. The van der Waals surface area contributed by atoms with Gasteiger partial charge in [-0.2, -0.15) is 13.2 Å². The van der Waals surface area contributed by atoms with Crippen molar-refractivity contribution in [3.63, 3.8) is 0 Å². The zero-order valence-corrected chi connectivity index (χ0v) is 39.6. The van der Waals surface area contributed by atoms with Crippen LogP contribution in [0.5, 0.6) is 0 Å². The smallest absolute Gasteiger partial charge is 0.310 e. The molecule has 11 rings (SSSR count). The van der Waals surface area contributed by atoms with Crippen LogP contribution >= 0.6 is 0 Å². The second-order valence-corrected chi connectivity index (χ2v) is 18.8. The SMILES string of the molecule is [C-]#[N+]c1cccc(-n2c3ccccc3c3cc(-c4c(C)cc(C)cc4C)ccc32)c1-c1cc(-c2ccc(C(F)(F)F)cc2C)ccc1-n1c2ccccc2c2cc(-c3c(C)cc(C)cc3C)ccc21. The van der Waals surface area contributed by atoms with Gasteiger partial charge in [0.2, 0.25) is 0 Å². The lowest BCUT2D eigenvalue weighted by Crippen LogP contribution is -2.05. The molecule has 0 spiro atoms. The summed E-state index contributed by atoms with van der Waals surface area (Å²) in [4.78, 5) is 4.23. The van der Waals surface area contributed by atoms with Crippen LogP contribution < -0.4 is 0 Å². The van der Waals surface area contributed by atoms with Crippen molar-refractivity contribution >= 4 is 49.3 Å². The Morgan fingerprint density at radius 2 is 0.884 bits per heavy atom. The van der Waals surface area contributed by atoms with Crippen LogP contribution in [-0.2, 0) is 6.18 Å². The fraction of sp³-hybridized carbons (Fsp3) is 0.127. The van der Waals surface area contributed by atoms with Crippen molar-refractivity contribution in [3.05, 3.63) is 220 Å². The Hall–Kier alpha value is -8.14. The molecule has 2 aromatic heterocycles. The summed E-state index contributed by atoms with van der Waals surface area (Å²) in [5, 5.41) is 4.35. The van der Waals surface area contributed by atoms with Gasteiger partial charge in [-0.3, -0.25) is 0 Å². The van der Waals surface area contributed by atoms with Crippen LogP contribution in [0, 0.1) is 55.0 Å². The standard InChI is InChI=1S/C63H48F3N3/c1-36-28-39(4)60(40(5)29-36)44-21-26-56-50(34-44)48-14-9-11-17-54(48)68(56)58-25-20-43(47-24-23-46(32-38(47)3)63(64,65)66)33-52(58)62-53(67-8)16-13-19-59(62)69-55-18-12-10-15-49(55)51-35-45(22-27-57(51)69)61-41(6)30-37(2)31-42(61)7/h9-35H,1-7H3. The van der Waals surface area contributed by atoms with E-state index in [4.69, 9.17) is 6.57 Å². The molecule has 0 saturated heterocycles. The normalized spacial score (nSPS) is 11.9. The third kappa shape index (κ3) is 7.11. The molecule has 0 saturated carbocycles. The highest BCUT2D eigenvalue weighted by molar-refractivity contribution is 6.13. The summed E-state index contributed by atoms with van der Waals surface area (Å²) >= 11 is 0. The topological polar surface area (TPSA) is 14.2 Å². The first kappa shape index (κ1) is 43.4. The average molecular weight is 904 g/mol. The first-order valence-electron chi connectivity index (χ1n) is 23.3. The first-order valence-corrected chi connectivity index (χ1v) is 23.3. The first-order chi connectivity index (χ1) is 33.2. The predicted molar refractivity (Wildman–Crippen MR) is 281 cm³/mol. The van der Waals surface area contributed by atoms with Crippen molar-refractivity contribution in [1.29, 1.82) is 0 Å². The Bertz CT molecular complexity index is 3940. The maximum atomic E-state index is 14.0. The van der Waals surface area contributed by atoms with E-state index >= 15 is 0 Å². The van der Waals surface area contributed by atoms with Crippen LogP contribution in [0.4, 0.5) is 18.9 Å². The number of alkyl halides is 3. The lowest BCUT2D eigenvalue weighted by Gasteiger charge is -2.21. The number of para-hydroxylation sites is 2. The summed E-state index contributed by atoms with van der Waals surface area (Å²) in [7, 11) is 0. The third-order valence-corrected chi connectivity index (χ3v) is 14.0. The van der Waals surface area contributed by atoms with E-state index in [0.29, 0.717) is 16.8 Å². The van der Waals surface area contributed by atoms with Crippen LogP contribution in [-0.4, -0.2) is 9.13 Å². The molecular formula is C63H48F3N3. The number of benzene rings is 9. The molecule has 0 aliphatic carbocycles. The van der Waals surface area contributed by atoms with Crippen molar-refractivity contribution < 1.29 is 13.2 Å². The van der Waals surface area contributed by atoms with E-state index in [1.807, 2.05) is 18.2 Å². The van der Waals surface area contributed by atoms with Crippen molar-refractivity contribution in [2.45, 2.75) is 54.6 Å². The molecule has 0 aliphatic heterocycles. The molecular weight excluding hydrogens is 856 g/mol. The number of rotatable bonds is 6. The number of hydrogen-bond donors (Lipinski definition) is 0. The van der Waals surface area contributed by atoms with Crippen LogP contribution in [0.25, 0.3) is 104 Å². The van der Waals surface area contributed by atoms with Crippen LogP contribution in [0.1, 0.15) is 44.5 Å². The lowest BCUT2D eigenvalue weighted by molar-refractivity contribution is -0.137. The molecule has 0 N–H and O–H groups in total. The summed E-state index contributed by atoms with van der Waals surface area (Å²) in [5.41, 5.74) is 20.9. The number of nitrogens with zero attached hydrogens (tertiary/aromatic N) is 3. The van der Waals surface area contributed by atoms with Gasteiger partial charge in [-0.05, 0) is 182 Å². The monoisotopic (exact) mass is 903 g/mol. The fourth-order valence-corrected chi connectivity index (χ4v) is 11.4. The van der Waals surface area contributed by atoms with Gasteiger partial charge in [0.15, 0.2) is 5.69 Å². The molecule has 3 nitrogen and oxygen atoms in total. The van der Waals surface area contributed by atoms with E-state index < -0.39 is 11.7 Å². The molecule has 6 heteroatoms. The molecule has 336 valence electrons. The molecule has 9 aromatic carbocycles. The maximum Gasteiger partial charge on any atom is 0.416 e. The number of hydrogen-bond acceptors (Lipinski definition) is 0. The van der Waals surface area contributed by atoms with E-state index in [1.165, 1.54) is 50.6 Å². The van der Waals surface area contributed by atoms with Gasteiger partial charge in [-0.1, -0.05) is 108 Å². The summed E-state index contributed by atoms with van der Waals surface area (Å²) in [6, 6.07) is 55.1. The highest BCUT2D eigenvalue weighted by atomic mass is 19.4. The van der Waals surface area contributed by atoms with Gasteiger partial charge in [0.25, 0.3) is 0 Å². The van der Waals surface area contributed by atoms with Gasteiger partial charge in [0.1, 0.15) is 0 Å². The molecule has 69 heavy (non-hydrogen) atoms. The van der Waals surface area contributed by atoms with Gasteiger partial charge in [0.05, 0.1) is 39.9 Å². The largest absolute Gasteiger partial charge is 0.416 e. The van der Waals surface area contributed by atoms with Crippen molar-refractivity contribution in [1.82, 2.24) is 9.13 Å². The van der Waals surface area contributed by atoms with Crippen molar-refractivity contribution in [2.24, 2.45) is 0 Å². The van der Waals surface area contributed by atoms with Gasteiger partial charge in [-0.25, -0.2) is 4.85 Å². The minimum Gasteiger partial charge on any atom is -0.310 e. The van der Waals surface area contributed by atoms with Gasteiger partial charge < -0.3 is 9.13 Å². The van der Waals surface area contributed by atoms with Gasteiger partial charge >= 0.3 is 6.18 Å². The molecule has 0 atom stereocenters. The summed E-state index contributed by atoms with van der Waals surface area (Å²) in [6.45, 7) is 23.4. The van der Waals surface area contributed by atoms with Gasteiger partial charge in [0, 0.05) is 32.8 Å². The molecule has 0 amide bonds. The number of fused-ring (bicyclic) bond motifs is 6. The van der Waals surface area contributed by atoms with Crippen molar-refractivity contribution in [3.8, 4) is 55.9 Å². The van der Waals surface area contributed by atoms with E-state index in [0.717, 1.165) is 88.9 Å². The zero-order chi connectivity index (χ0) is 48.0. The maximum absolute atomic E-state index is 14.0. The molecule has 0 unspecified atom stereocenters. The Morgan fingerprint density at radius 1 is 0.391 bits per heavy atom. The number of halogens is 3. The van der Waals surface area contributed by atoms with Crippen LogP contribution in [0.2, 0.25) is 0 Å². The number of aryl methyl sites for hydroxylation is 7. The van der Waals surface area contributed by atoms with E-state index in [2.05, 4.69) is 183 Å². The summed E-state index contributed by atoms with van der Waals surface area (Å²) in [5.74, 6) is 0. The molecule has 11 aromatic rings. The third-order valence-electron chi connectivity index (χ3n) is 14.0. The van der Waals surface area contributed by atoms with E-state index in [9.17, 15) is 13.2 Å². The highest BCUT2D eigenvalue weighted by Crippen LogP contribution is 2.47. The Kier molecular flexibility index (Phi) is 10.2. The summed E-state index contributed by atoms with van der Waals surface area (Å²) < 4.78 is 46.7. The van der Waals surface area contributed by atoms with Crippen LogP contribution in [0.15, 0.2) is 164 Å². The Labute approximate surface area is 400 Å². The predicted octanol–water partition coefficient (Wildman–Crippen LogP) is 18.3. The Balaban J connectivity index is 1.22. The lowest BCUT2D eigenvalue weighted by atomic mass is 9.92. The van der Waals surface area contributed by atoms with E-state index in [1.54, 1.807) is 13.0 Å². The second-order valence-electron chi connectivity index (χ2n) is 18.8.